The van der Waals surface area contributed by atoms with E-state index in [9.17, 15) is 13.2 Å². The highest BCUT2D eigenvalue weighted by molar-refractivity contribution is 5.43. The quantitative estimate of drug-likeness (QED) is 0.786. The van der Waals surface area contributed by atoms with E-state index in [4.69, 9.17) is 14.2 Å². The summed E-state index contributed by atoms with van der Waals surface area (Å²) in [5.41, 5.74) is 1.66. The number of nitrogens with zero attached hydrogens (tertiary/aromatic N) is 1. The first-order valence-corrected chi connectivity index (χ1v) is 7.48. The number of rotatable bonds is 8. The van der Waals surface area contributed by atoms with Crippen LogP contribution in [0.5, 0.6) is 17.4 Å². The van der Waals surface area contributed by atoms with Gasteiger partial charge < -0.3 is 19.5 Å². The average Bonchev–Trinajstić information content (AvgIpc) is 2.60. The van der Waals surface area contributed by atoms with Gasteiger partial charge >= 0.3 is 6.18 Å². The van der Waals surface area contributed by atoms with Gasteiger partial charge in [-0.25, -0.2) is 4.98 Å². The summed E-state index contributed by atoms with van der Waals surface area (Å²) in [6.45, 7) is -0.344. The SMILES string of the molecule is COc1cccc(CNCc2ccc(OCC(F)(F)F)c(OC)c2)n1. The van der Waals surface area contributed by atoms with Gasteiger partial charge in [-0.1, -0.05) is 12.1 Å². The highest BCUT2D eigenvalue weighted by atomic mass is 19.4. The normalized spacial score (nSPS) is 11.2. The molecule has 5 nitrogen and oxygen atoms in total. The molecule has 1 aromatic heterocycles. The lowest BCUT2D eigenvalue weighted by atomic mass is 10.2. The van der Waals surface area contributed by atoms with E-state index in [1.165, 1.54) is 13.2 Å². The summed E-state index contributed by atoms with van der Waals surface area (Å²) in [4.78, 5) is 4.28. The molecule has 0 saturated heterocycles. The number of benzene rings is 1. The number of alkyl halides is 3. The fourth-order valence-electron chi connectivity index (χ4n) is 2.11. The molecular formula is C17H19F3N2O3. The minimum absolute atomic E-state index is 0.0537. The fourth-order valence-corrected chi connectivity index (χ4v) is 2.11. The molecule has 1 heterocycles. The summed E-state index contributed by atoms with van der Waals surface area (Å²) in [5.74, 6) is 0.841. The lowest BCUT2D eigenvalue weighted by Crippen LogP contribution is -2.19. The first-order chi connectivity index (χ1) is 11.9. The van der Waals surface area contributed by atoms with Crippen LogP contribution in [0.1, 0.15) is 11.3 Å². The van der Waals surface area contributed by atoms with Gasteiger partial charge in [0.1, 0.15) is 0 Å². The molecule has 0 saturated carbocycles. The van der Waals surface area contributed by atoms with Crippen molar-refractivity contribution in [3.05, 3.63) is 47.7 Å². The summed E-state index contributed by atoms with van der Waals surface area (Å²) < 4.78 is 51.7. The number of halogens is 3. The number of ether oxygens (including phenoxy) is 3. The van der Waals surface area contributed by atoms with Crippen LogP contribution in [0.15, 0.2) is 36.4 Å². The summed E-state index contributed by atoms with van der Waals surface area (Å²) in [5, 5.41) is 3.20. The largest absolute Gasteiger partial charge is 0.493 e. The predicted molar refractivity (Wildman–Crippen MR) is 85.9 cm³/mol. The first kappa shape index (κ1) is 18.9. The summed E-state index contributed by atoms with van der Waals surface area (Å²) in [6.07, 6.45) is -4.39. The Morgan fingerprint density at radius 2 is 1.80 bits per heavy atom. The minimum atomic E-state index is -4.39. The van der Waals surface area contributed by atoms with Gasteiger partial charge in [-0.2, -0.15) is 13.2 Å². The zero-order valence-electron chi connectivity index (χ0n) is 13.9. The molecule has 0 unspecified atom stereocenters. The maximum absolute atomic E-state index is 12.2. The van der Waals surface area contributed by atoms with E-state index in [1.54, 1.807) is 25.3 Å². The summed E-state index contributed by atoms with van der Waals surface area (Å²) >= 11 is 0. The third-order valence-electron chi connectivity index (χ3n) is 3.24. The van der Waals surface area contributed by atoms with Crippen molar-refractivity contribution in [2.24, 2.45) is 0 Å². The van der Waals surface area contributed by atoms with Crippen molar-refractivity contribution in [2.75, 3.05) is 20.8 Å². The molecule has 0 radical (unpaired) electrons. The lowest BCUT2D eigenvalue weighted by Gasteiger charge is -2.14. The Morgan fingerprint density at radius 1 is 1.00 bits per heavy atom. The Morgan fingerprint density at radius 3 is 2.48 bits per heavy atom. The first-order valence-electron chi connectivity index (χ1n) is 7.48. The Labute approximate surface area is 143 Å². The van der Waals surface area contributed by atoms with Crippen LogP contribution in [0, 0.1) is 0 Å². The fraction of sp³-hybridized carbons (Fsp3) is 0.353. The second-order valence-corrected chi connectivity index (χ2v) is 5.16. The van der Waals surface area contributed by atoms with Gasteiger partial charge in [0.25, 0.3) is 0 Å². The van der Waals surface area contributed by atoms with Crippen LogP contribution in [-0.4, -0.2) is 32.0 Å². The van der Waals surface area contributed by atoms with E-state index in [-0.39, 0.29) is 11.5 Å². The van der Waals surface area contributed by atoms with Crippen molar-refractivity contribution < 1.29 is 27.4 Å². The van der Waals surface area contributed by atoms with Gasteiger partial charge in [0.2, 0.25) is 5.88 Å². The molecule has 0 bridgehead atoms. The Balaban J connectivity index is 1.93. The van der Waals surface area contributed by atoms with Crippen LogP contribution >= 0.6 is 0 Å². The maximum Gasteiger partial charge on any atom is 0.422 e. The second-order valence-electron chi connectivity index (χ2n) is 5.16. The molecule has 0 fully saturated rings. The summed E-state index contributed by atoms with van der Waals surface area (Å²) in [7, 11) is 2.93. The number of hydrogen-bond acceptors (Lipinski definition) is 5. The summed E-state index contributed by atoms with van der Waals surface area (Å²) in [6, 6.07) is 10.3. The van der Waals surface area contributed by atoms with Gasteiger partial charge in [0, 0.05) is 19.2 Å². The predicted octanol–water partition coefficient (Wildman–Crippen LogP) is 3.33. The van der Waals surface area contributed by atoms with E-state index in [0.717, 1.165) is 11.3 Å². The van der Waals surface area contributed by atoms with Gasteiger partial charge in [-0.15, -0.1) is 0 Å². The zero-order valence-corrected chi connectivity index (χ0v) is 13.9. The zero-order chi connectivity index (χ0) is 18.3. The monoisotopic (exact) mass is 356 g/mol. The van der Waals surface area contributed by atoms with Crippen LogP contribution in [0.4, 0.5) is 13.2 Å². The minimum Gasteiger partial charge on any atom is -0.493 e. The van der Waals surface area contributed by atoms with Gasteiger partial charge in [0.05, 0.1) is 19.9 Å². The number of nitrogens with one attached hydrogen (secondary N) is 1. The molecule has 25 heavy (non-hydrogen) atoms. The van der Waals surface area contributed by atoms with E-state index in [0.29, 0.717) is 19.0 Å². The lowest BCUT2D eigenvalue weighted by molar-refractivity contribution is -0.153. The van der Waals surface area contributed by atoms with E-state index in [2.05, 4.69) is 10.3 Å². The van der Waals surface area contributed by atoms with Gasteiger partial charge in [-0.05, 0) is 23.8 Å². The van der Waals surface area contributed by atoms with Gasteiger partial charge in [0.15, 0.2) is 18.1 Å². The molecule has 0 amide bonds. The highest BCUT2D eigenvalue weighted by Crippen LogP contribution is 2.29. The van der Waals surface area contributed by atoms with Crippen LogP contribution in [0.25, 0.3) is 0 Å². The second kappa shape index (κ2) is 8.57. The molecule has 0 atom stereocenters. The molecular weight excluding hydrogens is 337 g/mol. The number of hydrogen-bond donors (Lipinski definition) is 1. The molecule has 2 rings (SSSR count). The van der Waals surface area contributed by atoms with Crippen LogP contribution in [0.3, 0.4) is 0 Å². The highest BCUT2D eigenvalue weighted by Gasteiger charge is 2.29. The third kappa shape index (κ3) is 6.15. The molecule has 0 aliphatic heterocycles. The molecule has 1 aromatic carbocycles. The van der Waals surface area contributed by atoms with Crippen molar-refractivity contribution in [3.63, 3.8) is 0 Å². The van der Waals surface area contributed by atoms with Crippen LogP contribution < -0.4 is 19.5 Å². The van der Waals surface area contributed by atoms with Crippen LogP contribution in [0.2, 0.25) is 0 Å². The van der Waals surface area contributed by atoms with Gasteiger partial charge in [-0.3, -0.25) is 0 Å². The van der Waals surface area contributed by atoms with Crippen molar-refractivity contribution in [2.45, 2.75) is 19.3 Å². The van der Waals surface area contributed by atoms with Crippen molar-refractivity contribution >= 4 is 0 Å². The Bertz CT molecular complexity index is 693. The number of pyridine rings is 1. The van der Waals surface area contributed by atoms with Crippen molar-refractivity contribution in [3.8, 4) is 17.4 Å². The molecule has 1 N–H and O–H groups in total. The molecule has 2 aromatic rings. The number of aromatic nitrogens is 1. The molecule has 0 aliphatic rings. The molecule has 0 spiro atoms. The van der Waals surface area contributed by atoms with E-state index in [1.807, 2.05) is 12.1 Å². The molecule has 8 heteroatoms. The number of methoxy groups -OCH3 is 2. The Hall–Kier alpha value is -2.48. The Kier molecular flexibility index (Phi) is 6.46. The molecule has 136 valence electrons. The van der Waals surface area contributed by atoms with Crippen LogP contribution in [-0.2, 0) is 13.1 Å². The topological polar surface area (TPSA) is 52.6 Å². The molecule has 0 aliphatic carbocycles. The van der Waals surface area contributed by atoms with E-state index >= 15 is 0 Å². The average molecular weight is 356 g/mol. The van der Waals surface area contributed by atoms with Crippen molar-refractivity contribution in [1.29, 1.82) is 0 Å². The third-order valence-corrected chi connectivity index (χ3v) is 3.24. The van der Waals surface area contributed by atoms with E-state index < -0.39 is 12.8 Å². The van der Waals surface area contributed by atoms with Crippen molar-refractivity contribution in [1.82, 2.24) is 10.3 Å². The maximum atomic E-state index is 12.2. The standard InChI is InChI=1S/C17H19F3N2O3/c1-23-15-8-12(6-7-14(15)25-11-17(18,19)20)9-21-10-13-4-3-5-16(22-13)24-2/h3-8,21H,9-11H2,1-2H3. The smallest absolute Gasteiger partial charge is 0.422 e.